The number of rotatable bonds is 9. The lowest BCUT2D eigenvalue weighted by Gasteiger charge is -2.33. The summed E-state index contributed by atoms with van der Waals surface area (Å²) in [5.41, 5.74) is 1.72. The van der Waals surface area contributed by atoms with Crippen LogP contribution in [0.3, 0.4) is 0 Å². The molecular weight excluding hydrogens is 626 g/mol. The lowest BCUT2D eigenvalue weighted by molar-refractivity contribution is 0.0504. The highest BCUT2D eigenvalue weighted by Crippen LogP contribution is 2.47. The molecule has 2 aromatic rings. The number of benzene rings is 2. The van der Waals surface area contributed by atoms with E-state index in [4.69, 9.17) is 18.9 Å². The number of hydrogen-bond donors (Lipinski definition) is 0. The highest BCUT2D eigenvalue weighted by Gasteiger charge is 2.25. The molecule has 0 aliphatic rings. The van der Waals surface area contributed by atoms with Crippen LogP contribution >= 0.6 is 63.7 Å². The van der Waals surface area contributed by atoms with Gasteiger partial charge < -0.3 is 23.8 Å². The molecule has 0 aliphatic heterocycles. The maximum Gasteiger partial charge on any atom is 0.188 e. The first kappa shape index (κ1) is 24.0. The molecule has 0 saturated carbocycles. The van der Waals surface area contributed by atoms with E-state index in [0.717, 1.165) is 29.3 Å². The number of halogens is 4. The topological polar surface area (TPSA) is 40.2 Å². The minimum Gasteiger partial charge on any atom is -0.464 e. The Labute approximate surface area is 199 Å². The Morgan fingerprint density at radius 1 is 0.750 bits per heavy atom. The molecule has 0 fully saturated rings. The first-order valence-electron chi connectivity index (χ1n) is 8.30. The van der Waals surface area contributed by atoms with Gasteiger partial charge in [-0.15, -0.1) is 0 Å². The molecule has 0 heterocycles. The second-order valence-electron chi connectivity index (χ2n) is 6.04. The Morgan fingerprint density at radius 2 is 1.14 bits per heavy atom. The van der Waals surface area contributed by atoms with Crippen LogP contribution in [0.5, 0.6) is 11.5 Å². The average molecular weight is 647 g/mol. The van der Waals surface area contributed by atoms with Gasteiger partial charge in [0.05, 0.1) is 20.3 Å². The zero-order valence-electron chi connectivity index (χ0n) is 15.9. The summed E-state index contributed by atoms with van der Waals surface area (Å²) >= 11 is 14.4. The smallest absolute Gasteiger partial charge is 0.188 e. The van der Waals surface area contributed by atoms with Crippen molar-refractivity contribution in [1.29, 1.82) is 0 Å². The summed E-state index contributed by atoms with van der Waals surface area (Å²) in [6.45, 7) is 4.47. The van der Waals surface area contributed by atoms with Crippen molar-refractivity contribution in [3.05, 3.63) is 42.2 Å². The minimum atomic E-state index is 0.0946. The summed E-state index contributed by atoms with van der Waals surface area (Å²) in [5.74, 6) is 1.35. The maximum atomic E-state index is 5.89. The highest BCUT2D eigenvalue weighted by atomic mass is 79.9. The van der Waals surface area contributed by atoms with Crippen molar-refractivity contribution in [2.45, 2.75) is 19.9 Å². The van der Waals surface area contributed by atoms with Crippen molar-refractivity contribution >= 4 is 75.1 Å². The van der Waals surface area contributed by atoms with Crippen LogP contribution < -0.4 is 14.4 Å². The fraction of sp³-hybridized carbons (Fsp3) is 0.368. The SMILES string of the molecule is COCOc1c(Br)cc(Br)cc1N(c1cc(Br)cc(Br)c1OCOC)C(C)C. The molecule has 0 saturated heterocycles. The molecule has 0 spiro atoms. The van der Waals surface area contributed by atoms with E-state index in [-0.39, 0.29) is 19.6 Å². The first-order valence-corrected chi connectivity index (χ1v) is 11.5. The molecule has 0 aliphatic carbocycles. The third-order valence-electron chi connectivity index (χ3n) is 3.66. The fourth-order valence-corrected chi connectivity index (χ4v) is 5.29. The van der Waals surface area contributed by atoms with E-state index in [1.807, 2.05) is 24.3 Å². The van der Waals surface area contributed by atoms with E-state index in [1.165, 1.54) is 0 Å². The van der Waals surface area contributed by atoms with Crippen LogP contribution in [0, 0.1) is 0 Å². The first-order chi connectivity index (χ1) is 13.3. The van der Waals surface area contributed by atoms with Crippen molar-refractivity contribution in [2.75, 3.05) is 32.7 Å². The second kappa shape index (κ2) is 11.2. The van der Waals surface area contributed by atoms with E-state index < -0.39 is 0 Å². The quantitative estimate of drug-likeness (QED) is 0.269. The van der Waals surface area contributed by atoms with Crippen molar-refractivity contribution in [3.63, 3.8) is 0 Å². The number of methoxy groups -OCH3 is 2. The van der Waals surface area contributed by atoms with Crippen LogP contribution in [-0.4, -0.2) is 33.8 Å². The van der Waals surface area contributed by atoms with Crippen LogP contribution in [-0.2, 0) is 9.47 Å². The molecule has 0 radical (unpaired) electrons. The number of hydrogen-bond acceptors (Lipinski definition) is 5. The van der Waals surface area contributed by atoms with E-state index in [9.17, 15) is 0 Å². The summed E-state index contributed by atoms with van der Waals surface area (Å²) in [6, 6.07) is 7.98. The Kier molecular flexibility index (Phi) is 9.56. The monoisotopic (exact) mass is 643 g/mol. The number of ether oxygens (including phenoxy) is 4. The number of anilines is 2. The van der Waals surface area contributed by atoms with Gasteiger partial charge in [0, 0.05) is 29.2 Å². The van der Waals surface area contributed by atoms with Crippen molar-refractivity contribution < 1.29 is 18.9 Å². The van der Waals surface area contributed by atoms with Gasteiger partial charge in [-0.2, -0.15) is 0 Å². The van der Waals surface area contributed by atoms with Crippen LogP contribution in [0.15, 0.2) is 42.2 Å². The molecule has 0 atom stereocenters. The molecule has 0 amide bonds. The van der Waals surface area contributed by atoms with E-state index in [2.05, 4.69) is 82.5 Å². The lowest BCUT2D eigenvalue weighted by atomic mass is 10.1. The normalized spacial score (nSPS) is 11.0. The zero-order chi connectivity index (χ0) is 20.8. The molecule has 0 bridgehead atoms. The Balaban J connectivity index is 2.71. The molecular formula is C19H21Br4NO4. The van der Waals surface area contributed by atoms with Gasteiger partial charge in [0.2, 0.25) is 0 Å². The summed E-state index contributed by atoms with van der Waals surface area (Å²) in [4.78, 5) is 2.14. The third-order valence-corrected chi connectivity index (χ3v) is 5.75. The molecule has 9 heteroatoms. The summed E-state index contributed by atoms with van der Waals surface area (Å²) < 4.78 is 25.5. The van der Waals surface area contributed by atoms with Crippen LogP contribution in [0.1, 0.15) is 13.8 Å². The lowest BCUT2D eigenvalue weighted by Crippen LogP contribution is -2.27. The number of nitrogens with zero attached hydrogens (tertiary/aromatic N) is 1. The third kappa shape index (κ3) is 5.86. The van der Waals surface area contributed by atoms with Gasteiger partial charge in [-0.3, -0.25) is 0 Å². The van der Waals surface area contributed by atoms with Crippen molar-refractivity contribution in [2.24, 2.45) is 0 Å². The Hall–Kier alpha value is -0.320. The minimum absolute atomic E-state index is 0.0946. The molecule has 2 rings (SSSR count). The molecule has 0 N–H and O–H groups in total. The Bertz CT molecular complexity index is 754. The van der Waals surface area contributed by atoms with Crippen LogP contribution in [0.25, 0.3) is 0 Å². The zero-order valence-corrected chi connectivity index (χ0v) is 22.2. The molecule has 2 aromatic carbocycles. The maximum absolute atomic E-state index is 5.89. The van der Waals surface area contributed by atoms with Gasteiger partial charge in [-0.1, -0.05) is 31.9 Å². The fourth-order valence-electron chi connectivity index (χ4n) is 2.66. The van der Waals surface area contributed by atoms with Gasteiger partial charge in [-0.05, 0) is 70.0 Å². The van der Waals surface area contributed by atoms with Gasteiger partial charge in [0.25, 0.3) is 0 Å². The predicted octanol–water partition coefficient (Wildman–Crippen LogP) is 7.25. The van der Waals surface area contributed by atoms with E-state index >= 15 is 0 Å². The van der Waals surface area contributed by atoms with E-state index in [0.29, 0.717) is 11.5 Å². The van der Waals surface area contributed by atoms with Crippen LogP contribution in [0.2, 0.25) is 0 Å². The van der Waals surface area contributed by atoms with Crippen molar-refractivity contribution in [1.82, 2.24) is 0 Å². The standard InChI is InChI=1S/C19H21Br4NO4/c1-11(2)24(16-7-12(20)5-14(22)18(16)27-9-25-3)17-8-13(21)6-15(23)19(17)28-10-26-4/h5-8,11H,9-10H2,1-4H3. The molecule has 0 aromatic heterocycles. The van der Waals surface area contributed by atoms with Gasteiger partial charge >= 0.3 is 0 Å². The van der Waals surface area contributed by atoms with Crippen molar-refractivity contribution in [3.8, 4) is 11.5 Å². The summed E-state index contributed by atoms with van der Waals surface area (Å²) in [7, 11) is 3.18. The summed E-state index contributed by atoms with van der Waals surface area (Å²) in [6.07, 6.45) is 0. The highest BCUT2D eigenvalue weighted by molar-refractivity contribution is 9.11. The average Bonchev–Trinajstić information content (AvgIpc) is 2.60. The molecule has 0 unspecified atom stereocenters. The molecule has 5 nitrogen and oxygen atoms in total. The largest absolute Gasteiger partial charge is 0.464 e. The second-order valence-corrected chi connectivity index (χ2v) is 9.58. The predicted molar refractivity (Wildman–Crippen MR) is 126 cm³/mol. The van der Waals surface area contributed by atoms with Crippen LogP contribution in [0.4, 0.5) is 11.4 Å². The van der Waals surface area contributed by atoms with Gasteiger partial charge in [0.15, 0.2) is 25.1 Å². The molecule has 28 heavy (non-hydrogen) atoms. The van der Waals surface area contributed by atoms with Gasteiger partial charge in [-0.25, -0.2) is 0 Å². The summed E-state index contributed by atoms with van der Waals surface area (Å²) in [5, 5.41) is 0. The Morgan fingerprint density at radius 3 is 1.46 bits per heavy atom. The molecule has 154 valence electrons. The van der Waals surface area contributed by atoms with E-state index in [1.54, 1.807) is 14.2 Å². The van der Waals surface area contributed by atoms with Gasteiger partial charge in [0.1, 0.15) is 0 Å².